The molecule has 0 aromatic heterocycles. The zero-order chi connectivity index (χ0) is 13.0. The van der Waals surface area contributed by atoms with Crippen LogP contribution in [0.4, 0.5) is 11.4 Å². The van der Waals surface area contributed by atoms with Crippen LogP contribution >= 0.6 is 11.6 Å². The predicted octanol–water partition coefficient (Wildman–Crippen LogP) is 3.42. The van der Waals surface area contributed by atoms with Gasteiger partial charge in [0, 0.05) is 6.54 Å². The fraction of sp³-hybridized carbons (Fsp3) is 0.571. The molecule has 0 unspecified atom stereocenters. The van der Waals surface area contributed by atoms with Crippen LogP contribution in [-0.2, 0) is 0 Å². The van der Waals surface area contributed by atoms with Crippen LogP contribution in [0.15, 0.2) is 18.2 Å². The summed E-state index contributed by atoms with van der Waals surface area (Å²) in [6, 6.07) is 5.52. The fourth-order valence-corrected chi connectivity index (χ4v) is 2.69. The van der Waals surface area contributed by atoms with Crippen LogP contribution in [0.25, 0.3) is 0 Å². The number of hydrogen-bond acceptors (Lipinski definition) is 3. The molecule has 4 N–H and O–H groups in total. The molecule has 0 spiro atoms. The molecule has 1 aromatic rings. The van der Waals surface area contributed by atoms with E-state index in [0.29, 0.717) is 17.3 Å². The number of hydrogen-bond donors (Lipinski definition) is 3. The zero-order valence-corrected chi connectivity index (χ0v) is 11.3. The van der Waals surface area contributed by atoms with Gasteiger partial charge in [-0.3, -0.25) is 0 Å². The van der Waals surface area contributed by atoms with Crippen LogP contribution in [0, 0.1) is 0 Å². The van der Waals surface area contributed by atoms with Crippen LogP contribution < -0.4 is 11.1 Å². The summed E-state index contributed by atoms with van der Waals surface area (Å²) >= 11 is 5.97. The summed E-state index contributed by atoms with van der Waals surface area (Å²) in [5.41, 5.74) is 6.65. The SMILES string of the molecule is Nc1c(Cl)cccc1NCC1(O)CCCCCC1. The van der Waals surface area contributed by atoms with E-state index in [0.717, 1.165) is 31.4 Å². The fourth-order valence-electron chi connectivity index (χ4n) is 2.51. The number of nitrogens with two attached hydrogens (primary N) is 1. The van der Waals surface area contributed by atoms with E-state index in [1.807, 2.05) is 12.1 Å². The van der Waals surface area contributed by atoms with Gasteiger partial charge in [-0.1, -0.05) is 43.4 Å². The number of halogens is 1. The maximum atomic E-state index is 10.5. The molecule has 3 nitrogen and oxygen atoms in total. The second kappa shape index (κ2) is 5.81. The Labute approximate surface area is 113 Å². The molecule has 0 atom stereocenters. The lowest BCUT2D eigenvalue weighted by Gasteiger charge is -2.27. The number of aliphatic hydroxyl groups is 1. The van der Waals surface area contributed by atoms with Gasteiger partial charge in [-0.2, -0.15) is 0 Å². The number of nitrogen functional groups attached to an aromatic ring is 1. The average Bonchev–Trinajstić information content (AvgIpc) is 2.57. The van der Waals surface area contributed by atoms with Crippen molar-refractivity contribution in [2.45, 2.75) is 44.1 Å². The van der Waals surface area contributed by atoms with Gasteiger partial charge in [-0.05, 0) is 25.0 Å². The largest absolute Gasteiger partial charge is 0.396 e. The molecule has 4 heteroatoms. The average molecular weight is 269 g/mol. The number of rotatable bonds is 3. The molecule has 0 radical (unpaired) electrons. The summed E-state index contributed by atoms with van der Waals surface area (Å²) in [6.45, 7) is 0.539. The molecule has 1 aromatic carbocycles. The molecular weight excluding hydrogens is 248 g/mol. The van der Waals surface area contributed by atoms with Crippen molar-refractivity contribution >= 4 is 23.0 Å². The molecular formula is C14H21ClN2O. The van der Waals surface area contributed by atoms with Crippen molar-refractivity contribution < 1.29 is 5.11 Å². The number of anilines is 2. The molecule has 0 amide bonds. The van der Waals surface area contributed by atoms with E-state index < -0.39 is 5.60 Å². The Balaban J connectivity index is 1.99. The normalized spacial score (nSPS) is 19.2. The van der Waals surface area contributed by atoms with Gasteiger partial charge in [0.15, 0.2) is 0 Å². The van der Waals surface area contributed by atoms with Crippen LogP contribution in [0.2, 0.25) is 5.02 Å². The van der Waals surface area contributed by atoms with Crippen molar-refractivity contribution in [1.29, 1.82) is 0 Å². The summed E-state index contributed by atoms with van der Waals surface area (Å²) < 4.78 is 0. The first-order valence-corrected chi connectivity index (χ1v) is 6.99. The molecule has 1 aliphatic carbocycles. The highest BCUT2D eigenvalue weighted by molar-refractivity contribution is 6.33. The highest BCUT2D eigenvalue weighted by atomic mass is 35.5. The topological polar surface area (TPSA) is 58.3 Å². The second-order valence-electron chi connectivity index (χ2n) is 5.19. The summed E-state index contributed by atoms with van der Waals surface area (Å²) in [5, 5.41) is 14.3. The quantitative estimate of drug-likeness (QED) is 0.582. The minimum absolute atomic E-state index is 0.539. The molecule has 0 heterocycles. The zero-order valence-electron chi connectivity index (χ0n) is 10.6. The molecule has 2 rings (SSSR count). The standard InChI is InChI=1S/C14H21ClN2O/c15-11-6-5-7-12(13(11)16)17-10-14(18)8-3-1-2-4-9-14/h5-7,17-18H,1-4,8-10,16H2. The van der Waals surface area contributed by atoms with Gasteiger partial charge < -0.3 is 16.2 Å². The van der Waals surface area contributed by atoms with Crippen LogP contribution in [0.1, 0.15) is 38.5 Å². The molecule has 1 saturated carbocycles. The van der Waals surface area contributed by atoms with Crippen LogP contribution in [0.3, 0.4) is 0 Å². The van der Waals surface area contributed by atoms with Crippen molar-refractivity contribution in [2.24, 2.45) is 0 Å². The summed E-state index contributed by atoms with van der Waals surface area (Å²) in [6.07, 6.45) is 6.37. The van der Waals surface area contributed by atoms with E-state index in [4.69, 9.17) is 17.3 Å². The van der Waals surface area contributed by atoms with Gasteiger partial charge in [0.1, 0.15) is 0 Å². The third-order valence-electron chi connectivity index (χ3n) is 3.70. The van der Waals surface area contributed by atoms with E-state index in [1.54, 1.807) is 6.07 Å². The Morgan fingerprint density at radius 1 is 1.22 bits per heavy atom. The minimum Gasteiger partial charge on any atom is -0.396 e. The number of para-hydroxylation sites is 1. The highest BCUT2D eigenvalue weighted by Crippen LogP contribution is 2.30. The molecule has 100 valence electrons. The molecule has 1 fully saturated rings. The van der Waals surface area contributed by atoms with Crippen molar-refractivity contribution in [3.05, 3.63) is 23.2 Å². The third-order valence-corrected chi connectivity index (χ3v) is 4.02. The van der Waals surface area contributed by atoms with E-state index in [1.165, 1.54) is 12.8 Å². The molecule has 18 heavy (non-hydrogen) atoms. The van der Waals surface area contributed by atoms with Crippen molar-refractivity contribution in [2.75, 3.05) is 17.6 Å². The Morgan fingerprint density at radius 3 is 2.56 bits per heavy atom. The number of benzene rings is 1. The molecule has 0 bridgehead atoms. The lowest BCUT2D eigenvalue weighted by Crippen LogP contribution is -2.36. The van der Waals surface area contributed by atoms with Gasteiger partial charge in [0.05, 0.1) is 22.0 Å². The highest BCUT2D eigenvalue weighted by Gasteiger charge is 2.27. The van der Waals surface area contributed by atoms with Gasteiger partial charge in [-0.25, -0.2) is 0 Å². The van der Waals surface area contributed by atoms with Gasteiger partial charge in [0.2, 0.25) is 0 Å². The monoisotopic (exact) mass is 268 g/mol. The maximum absolute atomic E-state index is 10.5. The van der Waals surface area contributed by atoms with Crippen molar-refractivity contribution in [3.8, 4) is 0 Å². The maximum Gasteiger partial charge on any atom is 0.0819 e. The summed E-state index contributed by atoms with van der Waals surface area (Å²) in [5.74, 6) is 0. The van der Waals surface area contributed by atoms with Crippen LogP contribution in [-0.4, -0.2) is 17.3 Å². The Kier molecular flexibility index (Phi) is 4.36. The molecule has 1 aliphatic rings. The Hall–Kier alpha value is -0.930. The van der Waals surface area contributed by atoms with E-state index >= 15 is 0 Å². The first-order valence-electron chi connectivity index (χ1n) is 6.61. The first-order chi connectivity index (χ1) is 8.61. The molecule has 0 saturated heterocycles. The Bertz CT molecular complexity index is 401. The predicted molar refractivity (Wildman–Crippen MR) is 77.0 cm³/mol. The summed E-state index contributed by atoms with van der Waals surface area (Å²) in [4.78, 5) is 0. The van der Waals surface area contributed by atoms with Gasteiger partial charge in [0.25, 0.3) is 0 Å². The smallest absolute Gasteiger partial charge is 0.0819 e. The lowest BCUT2D eigenvalue weighted by atomic mass is 9.94. The third kappa shape index (κ3) is 3.30. The minimum atomic E-state index is -0.606. The molecule has 0 aliphatic heterocycles. The first kappa shape index (κ1) is 13.5. The van der Waals surface area contributed by atoms with Crippen molar-refractivity contribution in [1.82, 2.24) is 0 Å². The van der Waals surface area contributed by atoms with Gasteiger partial charge in [-0.15, -0.1) is 0 Å². The lowest BCUT2D eigenvalue weighted by molar-refractivity contribution is 0.0381. The second-order valence-corrected chi connectivity index (χ2v) is 5.60. The van der Waals surface area contributed by atoms with E-state index in [-0.39, 0.29) is 0 Å². The van der Waals surface area contributed by atoms with Crippen molar-refractivity contribution in [3.63, 3.8) is 0 Å². The van der Waals surface area contributed by atoms with E-state index in [2.05, 4.69) is 5.32 Å². The van der Waals surface area contributed by atoms with E-state index in [9.17, 15) is 5.11 Å². The van der Waals surface area contributed by atoms with Crippen LogP contribution in [0.5, 0.6) is 0 Å². The Morgan fingerprint density at radius 2 is 1.89 bits per heavy atom. The summed E-state index contributed by atoms with van der Waals surface area (Å²) in [7, 11) is 0. The number of nitrogens with one attached hydrogen (secondary N) is 1. The van der Waals surface area contributed by atoms with Gasteiger partial charge >= 0.3 is 0 Å².